The Morgan fingerprint density at radius 1 is 1.38 bits per heavy atom. The van der Waals surface area contributed by atoms with Gasteiger partial charge in [0.15, 0.2) is 0 Å². The number of carbonyl (C=O) groups is 1. The van der Waals surface area contributed by atoms with E-state index in [9.17, 15) is 14.4 Å². The van der Waals surface area contributed by atoms with Gasteiger partial charge in [0, 0.05) is 26.7 Å². The van der Waals surface area contributed by atoms with E-state index >= 15 is 0 Å². The minimum atomic E-state index is -0.943. The van der Waals surface area contributed by atoms with Gasteiger partial charge in [-0.25, -0.2) is 4.79 Å². The summed E-state index contributed by atoms with van der Waals surface area (Å²) in [6.07, 6.45) is -0.0800. The third-order valence-corrected chi connectivity index (χ3v) is 2.17. The highest BCUT2D eigenvalue weighted by Crippen LogP contribution is 1.97. The van der Waals surface area contributed by atoms with Crippen molar-refractivity contribution in [1.82, 2.24) is 9.13 Å². The molecule has 2 N–H and O–H groups in total. The lowest BCUT2D eigenvalue weighted by Crippen LogP contribution is -2.37. The molecule has 0 aliphatic heterocycles. The Labute approximate surface area is 90.9 Å². The molecule has 7 nitrogen and oxygen atoms in total. The van der Waals surface area contributed by atoms with Crippen LogP contribution in [0.25, 0.3) is 0 Å². The average Bonchev–Trinajstić information content (AvgIpc) is 2.22. The molecule has 0 aliphatic carbocycles. The van der Waals surface area contributed by atoms with Gasteiger partial charge in [0.05, 0.1) is 6.42 Å². The van der Waals surface area contributed by atoms with Gasteiger partial charge in [0.25, 0.3) is 5.56 Å². The molecule has 1 heterocycles. The molecule has 1 rings (SSSR count). The highest BCUT2D eigenvalue weighted by atomic mass is 16.4. The number of nitrogens with one attached hydrogen (secondary N) is 1. The van der Waals surface area contributed by atoms with Gasteiger partial charge in [0.2, 0.25) is 0 Å². The van der Waals surface area contributed by atoms with Gasteiger partial charge in [-0.15, -0.1) is 0 Å². The molecule has 0 atom stereocenters. The molecule has 0 amide bonds. The van der Waals surface area contributed by atoms with Crippen LogP contribution in [-0.4, -0.2) is 26.8 Å². The molecule has 0 aromatic carbocycles. The standard InChI is InChI=1S/C9H13N3O4/c1-11-6(10-4-3-8(14)15)5-7(13)12(2)9(11)16/h5,10H,3-4H2,1-2H3,(H,14,15). The summed E-state index contributed by atoms with van der Waals surface area (Å²) in [5, 5.41) is 11.2. The first-order valence-electron chi connectivity index (χ1n) is 4.66. The van der Waals surface area contributed by atoms with Crippen LogP contribution in [0.15, 0.2) is 15.7 Å². The van der Waals surface area contributed by atoms with Crippen molar-refractivity contribution in [2.24, 2.45) is 14.1 Å². The first-order chi connectivity index (χ1) is 7.43. The number of anilines is 1. The number of carboxylic acids is 1. The summed E-state index contributed by atoms with van der Waals surface area (Å²) in [5.41, 5.74) is -0.883. The Balaban J connectivity index is 2.94. The zero-order valence-corrected chi connectivity index (χ0v) is 9.06. The van der Waals surface area contributed by atoms with Crippen LogP contribution in [-0.2, 0) is 18.9 Å². The number of hydrogen-bond acceptors (Lipinski definition) is 4. The Kier molecular flexibility index (Phi) is 3.49. The summed E-state index contributed by atoms with van der Waals surface area (Å²) in [4.78, 5) is 33.1. The molecule has 16 heavy (non-hydrogen) atoms. The molecule has 0 radical (unpaired) electrons. The maximum Gasteiger partial charge on any atom is 0.332 e. The molecule has 1 aromatic rings. The second-order valence-corrected chi connectivity index (χ2v) is 3.34. The predicted molar refractivity (Wildman–Crippen MR) is 57.7 cm³/mol. The Morgan fingerprint density at radius 2 is 2.00 bits per heavy atom. The maximum absolute atomic E-state index is 11.5. The fourth-order valence-electron chi connectivity index (χ4n) is 1.20. The van der Waals surface area contributed by atoms with E-state index in [2.05, 4.69) is 5.32 Å². The summed E-state index contributed by atoms with van der Waals surface area (Å²) in [6.45, 7) is 0.162. The van der Waals surface area contributed by atoms with Crippen molar-refractivity contribution in [3.63, 3.8) is 0 Å². The number of nitrogens with zero attached hydrogens (tertiary/aromatic N) is 2. The lowest BCUT2D eigenvalue weighted by atomic mass is 10.4. The van der Waals surface area contributed by atoms with Crippen molar-refractivity contribution >= 4 is 11.8 Å². The van der Waals surface area contributed by atoms with Crippen LogP contribution in [0.1, 0.15) is 6.42 Å². The molecule has 0 saturated heterocycles. The molecule has 0 saturated carbocycles. The van der Waals surface area contributed by atoms with Crippen LogP contribution in [0.4, 0.5) is 5.82 Å². The molecule has 0 unspecified atom stereocenters. The smallest absolute Gasteiger partial charge is 0.332 e. The van der Waals surface area contributed by atoms with Crippen LogP contribution < -0.4 is 16.6 Å². The molecule has 7 heteroatoms. The van der Waals surface area contributed by atoms with Crippen LogP contribution in [0.5, 0.6) is 0 Å². The average molecular weight is 227 g/mol. The normalized spacial score (nSPS) is 10.1. The highest BCUT2D eigenvalue weighted by Gasteiger charge is 2.05. The second kappa shape index (κ2) is 4.65. The number of aliphatic carboxylic acids is 1. The summed E-state index contributed by atoms with van der Waals surface area (Å²) >= 11 is 0. The van der Waals surface area contributed by atoms with Crippen LogP contribution >= 0.6 is 0 Å². The Hall–Kier alpha value is -2.05. The molecular weight excluding hydrogens is 214 g/mol. The van der Waals surface area contributed by atoms with Gasteiger partial charge >= 0.3 is 11.7 Å². The number of aromatic nitrogens is 2. The van der Waals surface area contributed by atoms with E-state index in [1.54, 1.807) is 0 Å². The van der Waals surface area contributed by atoms with Crippen LogP contribution in [0, 0.1) is 0 Å². The van der Waals surface area contributed by atoms with Crippen LogP contribution in [0.3, 0.4) is 0 Å². The monoisotopic (exact) mass is 227 g/mol. The summed E-state index contributed by atoms with van der Waals surface area (Å²) in [5.74, 6) is -0.629. The summed E-state index contributed by atoms with van der Waals surface area (Å²) in [6, 6.07) is 1.25. The van der Waals surface area contributed by atoms with Crippen molar-refractivity contribution in [3.05, 3.63) is 26.9 Å². The third kappa shape index (κ3) is 2.50. The minimum absolute atomic E-state index is 0.0800. The zero-order valence-electron chi connectivity index (χ0n) is 9.06. The molecule has 1 aromatic heterocycles. The maximum atomic E-state index is 11.5. The van der Waals surface area contributed by atoms with E-state index < -0.39 is 17.2 Å². The first-order valence-corrected chi connectivity index (χ1v) is 4.66. The van der Waals surface area contributed by atoms with Gasteiger partial charge in [-0.1, -0.05) is 0 Å². The van der Waals surface area contributed by atoms with Crippen molar-refractivity contribution in [3.8, 4) is 0 Å². The molecule has 0 fully saturated rings. The van der Waals surface area contributed by atoms with Crippen molar-refractivity contribution < 1.29 is 9.90 Å². The SMILES string of the molecule is Cn1c(NCCC(=O)O)cc(=O)n(C)c1=O. The Morgan fingerprint density at radius 3 is 2.56 bits per heavy atom. The van der Waals surface area contributed by atoms with E-state index in [1.165, 1.54) is 24.7 Å². The fourth-order valence-corrected chi connectivity index (χ4v) is 1.20. The van der Waals surface area contributed by atoms with Gasteiger partial charge in [0.1, 0.15) is 5.82 Å². The van der Waals surface area contributed by atoms with Crippen molar-refractivity contribution in [2.75, 3.05) is 11.9 Å². The lowest BCUT2D eigenvalue weighted by molar-refractivity contribution is -0.136. The van der Waals surface area contributed by atoms with E-state index in [-0.39, 0.29) is 13.0 Å². The topological polar surface area (TPSA) is 93.3 Å². The predicted octanol–water partition coefficient (Wildman–Crippen LogP) is -1.03. The molecule has 88 valence electrons. The molecule has 0 bridgehead atoms. The highest BCUT2D eigenvalue weighted by molar-refractivity contribution is 5.67. The fraction of sp³-hybridized carbons (Fsp3) is 0.444. The van der Waals surface area contributed by atoms with Gasteiger partial charge < -0.3 is 10.4 Å². The zero-order chi connectivity index (χ0) is 12.3. The number of rotatable bonds is 4. The third-order valence-electron chi connectivity index (χ3n) is 2.17. The molecule has 0 spiro atoms. The number of hydrogen-bond donors (Lipinski definition) is 2. The largest absolute Gasteiger partial charge is 0.481 e. The minimum Gasteiger partial charge on any atom is -0.481 e. The van der Waals surface area contributed by atoms with Gasteiger partial charge in [-0.3, -0.25) is 18.7 Å². The molecular formula is C9H13N3O4. The first kappa shape index (κ1) is 12.0. The lowest BCUT2D eigenvalue weighted by Gasteiger charge is -2.10. The van der Waals surface area contributed by atoms with E-state index in [4.69, 9.17) is 5.11 Å². The quantitative estimate of drug-likeness (QED) is 0.686. The summed E-state index contributed by atoms with van der Waals surface area (Å²) < 4.78 is 2.23. The van der Waals surface area contributed by atoms with E-state index in [0.29, 0.717) is 5.82 Å². The van der Waals surface area contributed by atoms with E-state index in [1.807, 2.05) is 0 Å². The van der Waals surface area contributed by atoms with Gasteiger partial charge in [-0.05, 0) is 0 Å². The van der Waals surface area contributed by atoms with Crippen LogP contribution in [0.2, 0.25) is 0 Å². The van der Waals surface area contributed by atoms with Crippen molar-refractivity contribution in [2.45, 2.75) is 6.42 Å². The molecule has 0 aliphatic rings. The summed E-state index contributed by atoms with van der Waals surface area (Å²) in [7, 11) is 2.89. The number of carboxylic acid groups (broad SMARTS) is 1. The van der Waals surface area contributed by atoms with E-state index in [0.717, 1.165) is 4.57 Å². The second-order valence-electron chi connectivity index (χ2n) is 3.34. The Bertz CT molecular complexity index is 514. The van der Waals surface area contributed by atoms with Crippen molar-refractivity contribution in [1.29, 1.82) is 0 Å². The van der Waals surface area contributed by atoms with Gasteiger partial charge in [-0.2, -0.15) is 0 Å².